The van der Waals surface area contributed by atoms with Gasteiger partial charge in [0.2, 0.25) is 5.13 Å². The minimum Gasteiger partial charge on any atom is -0.493 e. The van der Waals surface area contributed by atoms with E-state index in [0.29, 0.717) is 30.9 Å². The minimum atomic E-state index is 0.473. The van der Waals surface area contributed by atoms with Crippen molar-refractivity contribution in [1.29, 1.82) is 5.26 Å². The van der Waals surface area contributed by atoms with Gasteiger partial charge in [-0.1, -0.05) is 0 Å². The van der Waals surface area contributed by atoms with Crippen molar-refractivity contribution in [2.45, 2.75) is 19.8 Å². The first-order chi connectivity index (χ1) is 11.2. The van der Waals surface area contributed by atoms with Crippen molar-refractivity contribution in [2.75, 3.05) is 19.1 Å². The smallest absolute Gasteiger partial charge is 0.203 e. The van der Waals surface area contributed by atoms with Gasteiger partial charge < -0.3 is 9.47 Å². The first-order valence-corrected chi connectivity index (χ1v) is 8.00. The number of nitriles is 1. The Morgan fingerprint density at radius 1 is 1.43 bits per heavy atom. The lowest BCUT2D eigenvalue weighted by Crippen LogP contribution is -2.00. The number of hydrogen-bond acceptors (Lipinski definition) is 7. The van der Waals surface area contributed by atoms with E-state index >= 15 is 0 Å². The first kappa shape index (κ1) is 16.8. The van der Waals surface area contributed by atoms with Crippen LogP contribution in [0.15, 0.2) is 28.7 Å². The van der Waals surface area contributed by atoms with Crippen LogP contribution in [0.1, 0.15) is 24.1 Å². The van der Waals surface area contributed by atoms with Gasteiger partial charge in [0, 0.05) is 11.8 Å². The van der Waals surface area contributed by atoms with E-state index in [1.165, 1.54) is 11.3 Å². The Balaban J connectivity index is 1.99. The molecule has 2 aromatic rings. The molecular formula is C16H18N4O2S. The normalized spacial score (nSPS) is 10.5. The summed E-state index contributed by atoms with van der Waals surface area (Å²) >= 11 is 1.50. The van der Waals surface area contributed by atoms with Crippen molar-refractivity contribution >= 4 is 22.7 Å². The summed E-state index contributed by atoms with van der Waals surface area (Å²) in [7, 11) is 1.59. The minimum absolute atomic E-state index is 0.473. The fourth-order valence-corrected chi connectivity index (χ4v) is 2.42. The molecule has 23 heavy (non-hydrogen) atoms. The fraction of sp³-hybridized carbons (Fsp3) is 0.312. The topological polar surface area (TPSA) is 79.5 Å². The number of methoxy groups -OCH3 is 1. The Morgan fingerprint density at radius 2 is 2.30 bits per heavy atom. The quantitative estimate of drug-likeness (QED) is 0.454. The fourth-order valence-electron chi connectivity index (χ4n) is 1.79. The van der Waals surface area contributed by atoms with Crippen LogP contribution in [-0.4, -0.2) is 24.9 Å². The first-order valence-electron chi connectivity index (χ1n) is 7.12. The molecule has 0 aliphatic heterocycles. The second kappa shape index (κ2) is 8.76. The molecule has 0 radical (unpaired) electrons. The number of aryl methyl sites for hydroxylation is 1. The highest BCUT2D eigenvalue weighted by molar-refractivity contribution is 7.13. The van der Waals surface area contributed by atoms with E-state index in [-0.39, 0.29) is 0 Å². The molecule has 7 heteroatoms. The van der Waals surface area contributed by atoms with Crippen LogP contribution in [0.5, 0.6) is 11.5 Å². The number of benzene rings is 1. The molecule has 0 saturated heterocycles. The number of anilines is 1. The molecule has 0 saturated carbocycles. The summed E-state index contributed by atoms with van der Waals surface area (Å²) in [6.45, 7) is 2.41. The van der Waals surface area contributed by atoms with Gasteiger partial charge in [0.15, 0.2) is 11.5 Å². The molecule has 0 spiro atoms. The van der Waals surface area contributed by atoms with Crippen LogP contribution < -0.4 is 14.9 Å². The largest absolute Gasteiger partial charge is 0.493 e. The Bertz CT molecular complexity index is 706. The summed E-state index contributed by atoms with van der Waals surface area (Å²) in [6, 6.07) is 7.66. The Morgan fingerprint density at radius 3 is 3.00 bits per heavy atom. The zero-order valence-corrected chi connectivity index (χ0v) is 13.9. The van der Waals surface area contributed by atoms with E-state index < -0.39 is 0 Å². The van der Waals surface area contributed by atoms with Gasteiger partial charge in [0.05, 0.1) is 31.7 Å². The monoisotopic (exact) mass is 330 g/mol. The second-order valence-electron chi connectivity index (χ2n) is 4.68. The van der Waals surface area contributed by atoms with Gasteiger partial charge in [-0.25, -0.2) is 4.98 Å². The van der Waals surface area contributed by atoms with Crippen molar-refractivity contribution in [3.8, 4) is 17.6 Å². The van der Waals surface area contributed by atoms with Crippen LogP contribution in [0.25, 0.3) is 0 Å². The van der Waals surface area contributed by atoms with Gasteiger partial charge in [-0.2, -0.15) is 10.4 Å². The maximum Gasteiger partial charge on any atom is 0.203 e. The zero-order valence-electron chi connectivity index (χ0n) is 13.1. The van der Waals surface area contributed by atoms with Crippen molar-refractivity contribution in [3.05, 3.63) is 34.8 Å². The summed E-state index contributed by atoms with van der Waals surface area (Å²) < 4.78 is 10.9. The van der Waals surface area contributed by atoms with E-state index in [9.17, 15) is 0 Å². The molecule has 0 aliphatic rings. The second-order valence-corrected chi connectivity index (χ2v) is 5.54. The maximum absolute atomic E-state index is 8.54. The van der Waals surface area contributed by atoms with Crippen LogP contribution in [0.3, 0.4) is 0 Å². The molecule has 1 N–H and O–H groups in total. The van der Waals surface area contributed by atoms with Crippen LogP contribution in [0.4, 0.5) is 5.13 Å². The number of rotatable bonds is 8. The number of ether oxygens (including phenoxy) is 2. The number of aromatic nitrogens is 1. The van der Waals surface area contributed by atoms with Crippen LogP contribution in [0, 0.1) is 18.3 Å². The van der Waals surface area contributed by atoms with Crippen molar-refractivity contribution in [3.63, 3.8) is 0 Å². The average molecular weight is 330 g/mol. The molecule has 0 bridgehead atoms. The summed E-state index contributed by atoms with van der Waals surface area (Å²) in [6.07, 6.45) is 2.85. The highest BCUT2D eigenvalue weighted by Crippen LogP contribution is 2.27. The Kier molecular flexibility index (Phi) is 6.39. The Hall–Kier alpha value is -2.59. The SMILES string of the molecule is COc1ccc(C=NNc2nc(C)cs2)cc1OCCCC#N. The number of thiazole rings is 1. The van der Waals surface area contributed by atoms with Crippen LogP contribution in [0.2, 0.25) is 0 Å². The lowest BCUT2D eigenvalue weighted by atomic mass is 10.2. The van der Waals surface area contributed by atoms with Gasteiger partial charge in [-0.05, 0) is 37.1 Å². The standard InChI is InChI=1S/C16H18N4O2S/c1-12-11-23-16(19-12)20-18-10-13-5-6-14(21-2)15(9-13)22-8-4-3-7-17/h5-6,9-11H,3-4,8H2,1-2H3,(H,19,20). The highest BCUT2D eigenvalue weighted by Gasteiger charge is 2.05. The number of hydrazone groups is 1. The summed E-state index contributed by atoms with van der Waals surface area (Å²) in [4.78, 5) is 4.27. The summed E-state index contributed by atoms with van der Waals surface area (Å²) in [5.41, 5.74) is 4.73. The lowest BCUT2D eigenvalue weighted by Gasteiger charge is -2.10. The van der Waals surface area contributed by atoms with E-state index in [4.69, 9.17) is 14.7 Å². The van der Waals surface area contributed by atoms with E-state index in [2.05, 4.69) is 21.6 Å². The van der Waals surface area contributed by atoms with Gasteiger partial charge in [0.25, 0.3) is 0 Å². The summed E-state index contributed by atoms with van der Waals surface area (Å²) in [5, 5.41) is 15.4. The van der Waals surface area contributed by atoms with Gasteiger partial charge in [-0.3, -0.25) is 5.43 Å². The lowest BCUT2D eigenvalue weighted by molar-refractivity contribution is 0.291. The van der Waals surface area contributed by atoms with Crippen LogP contribution in [-0.2, 0) is 0 Å². The number of nitrogens with zero attached hydrogens (tertiary/aromatic N) is 3. The third-order valence-electron chi connectivity index (χ3n) is 2.87. The predicted molar refractivity (Wildman–Crippen MR) is 91.4 cm³/mol. The van der Waals surface area contributed by atoms with Crippen molar-refractivity contribution in [2.24, 2.45) is 5.10 Å². The Labute approximate surface area is 139 Å². The third-order valence-corrected chi connectivity index (χ3v) is 3.74. The third kappa shape index (κ3) is 5.27. The zero-order chi connectivity index (χ0) is 16.5. The molecule has 2 rings (SSSR count). The number of nitrogens with one attached hydrogen (secondary N) is 1. The molecule has 0 fully saturated rings. The maximum atomic E-state index is 8.54. The van der Waals surface area contributed by atoms with E-state index in [1.54, 1.807) is 13.3 Å². The predicted octanol–water partition coefficient (Wildman–Crippen LogP) is 3.59. The molecular weight excluding hydrogens is 312 g/mol. The molecule has 1 aromatic carbocycles. The van der Waals surface area contributed by atoms with Crippen LogP contribution >= 0.6 is 11.3 Å². The van der Waals surface area contributed by atoms with Gasteiger partial charge in [-0.15, -0.1) is 11.3 Å². The molecule has 0 atom stereocenters. The summed E-state index contributed by atoms with van der Waals surface area (Å²) in [5.74, 6) is 1.29. The molecule has 0 unspecified atom stereocenters. The molecule has 0 amide bonds. The van der Waals surface area contributed by atoms with Gasteiger partial charge >= 0.3 is 0 Å². The number of hydrogen-bond donors (Lipinski definition) is 1. The molecule has 1 heterocycles. The molecule has 6 nitrogen and oxygen atoms in total. The van der Waals surface area contributed by atoms with E-state index in [0.717, 1.165) is 16.4 Å². The highest BCUT2D eigenvalue weighted by atomic mass is 32.1. The molecule has 120 valence electrons. The molecule has 0 aliphatic carbocycles. The number of unbranched alkanes of at least 4 members (excludes halogenated alkanes) is 1. The molecule has 1 aromatic heterocycles. The van der Waals surface area contributed by atoms with E-state index in [1.807, 2.05) is 30.5 Å². The van der Waals surface area contributed by atoms with Crippen molar-refractivity contribution in [1.82, 2.24) is 4.98 Å². The van der Waals surface area contributed by atoms with Gasteiger partial charge in [0.1, 0.15) is 0 Å². The van der Waals surface area contributed by atoms with Crippen molar-refractivity contribution < 1.29 is 9.47 Å². The average Bonchev–Trinajstić information content (AvgIpc) is 2.97.